The van der Waals surface area contributed by atoms with E-state index in [0.29, 0.717) is 10.9 Å². The Kier molecular flexibility index (Phi) is 5.30. The Morgan fingerprint density at radius 1 is 1.18 bits per heavy atom. The van der Waals surface area contributed by atoms with Gasteiger partial charge in [-0.15, -0.1) is 5.10 Å². The van der Waals surface area contributed by atoms with Crippen molar-refractivity contribution in [3.05, 3.63) is 76.3 Å². The predicted molar refractivity (Wildman–Crippen MR) is 115 cm³/mol. The summed E-state index contributed by atoms with van der Waals surface area (Å²) in [4.78, 5) is 17.9. The highest BCUT2D eigenvalue weighted by Crippen LogP contribution is 2.25. The number of fused-ring (bicyclic) bond motifs is 2. The van der Waals surface area contributed by atoms with Crippen LogP contribution in [0.2, 0.25) is 0 Å². The van der Waals surface area contributed by atoms with E-state index in [1.807, 2.05) is 49.4 Å². The molecule has 0 saturated carbocycles. The van der Waals surface area contributed by atoms with Crippen LogP contribution in [-0.2, 0) is 4.79 Å². The molecular formula is C22H22N4OS. The van der Waals surface area contributed by atoms with Crippen molar-refractivity contribution in [3.63, 3.8) is 0 Å². The van der Waals surface area contributed by atoms with Crippen LogP contribution in [0, 0.1) is 0 Å². The maximum absolute atomic E-state index is 12.9. The van der Waals surface area contributed by atoms with Gasteiger partial charge in [-0.05, 0) is 30.5 Å². The minimum absolute atomic E-state index is 0.131. The molecule has 1 atom stereocenters. The standard InChI is InChI=1S/C22H22N4OS/c1-3-13-28-22-24-21(27)19-17-11-7-8-12-18(17)23-20(26(19)25-22)15(2)14-16-9-5-4-6-10-16/h4-12,14,20H,3,13H2,1-2H3,(H,24,25,27)/b15-14+/t20-/m1/s1. The van der Waals surface area contributed by atoms with Crippen LogP contribution in [-0.4, -0.2) is 28.0 Å². The number of amides is 1. The number of thioether (sulfide) groups is 1. The van der Waals surface area contributed by atoms with Crippen LogP contribution < -0.4 is 15.9 Å². The average Bonchev–Trinajstić information content (AvgIpc) is 2.72. The number of carbonyl (C=O) groups excluding carboxylic acids is 1. The minimum atomic E-state index is -0.353. The molecule has 142 valence electrons. The highest BCUT2D eigenvalue weighted by molar-refractivity contribution is 8.13. The lowest BCUT2D eigenvalue weighted by atomic mass is 10.1. The number of amidine groups is 1. The summed E-state index contributed by atoms with van der Waals surface area (Å²) in [6.07, 6.45) is 2.76. The second kappa shape index (κ2) is 8.02. The molecule has 0 aromatic heterocycles. The van der Waals surface area contributed by atoms with Crippen molar-refractivity contribution < 1.29 is 4.79 Å². The van der Waals surface area contributed by atoms with Crippen LogP contribution in [0.1, 0.15) is 25.8 Å². The van der Waals surface area contributed by atoms with Gasteiger partial charge in [0.2, 0.25) is 0 Å². The van der Waals surface area contributed by atoms with Crippen molar-refractivity contribution in [2.45, 2.75) is 26.4 Å². The van der Waals surface area contributed by atoms with Gasteiger partial charge in [0, 0.05) is 11.0 Å². The Morgan fingerprint density at radius 2 is 1.93 bits per heavy atom. The van der Waals surface area contributed by atoms with Gasteiger partial charge in [0.25, 0.3) is 5.91 Å². The first-order valence-electron chi connectivity index (χ1n) is 9.40. The van der Waals surface area contributed by atoms with Crippen molar-refractivity contribution in [3.8, 4) is 0 Å². The number of para-hydroxylation sites is 1. The largest absolute Gasteiger partial charge is 0.298 e. The zero-order valence-electron chi connectivity index (χ0n) is 15.9. The number of hydrazone groups is 1. The molecule has 0 radical (unpaired) electrons. The van der Waals surface area contributed by atoms with Gasteiger partial charge in [-0.25, -0.2) is 5.01 Å². The van der Waals surface area contributed by atoms with E-state index in [0.717, 1.165) is 33.9 Å². The van der Waals surface area contributed by atoms with Crippen molar-refractivity contribution in [1.82, 2.24) is 10.3 Å². The van der Waals surface area contributed by atoms with Gasteiger partial charge < -0.3 is 0 Å². The normalized spacial score (nSPS) is 18.6. The van der Waals surface area contributed by atoms with Gasteiger partial charge in [-0.1, -0.05) is 73.3 Å². The summed E-state index contributed by atoms with van der Waals surface area (Å²) in [6, 6.07) is 17.9. The van der Waals surface area contributed by atoms with E-state index in [-0.39, 0.29) is 12.1 Å². The van der Waals surface area contributed by atoms with Crippen molar-refractivity contribution in [2.24, 2.45) is 10.1 Å². The van der Waals surface area contributed by atoms with Gasteiger partial charge >= 0.3 is 0 Å². The van der Waals surface area contributed by atoms with Crippen LogP contribution in [0.4, 0.5) is 0 Å². The fourth-order valence-corrected chi connectivity index (χ4v) is 3.98. The van der Waals surface area contributed by atoms with Crippen molar-refractivity contribution in [2.75, 3.05) is 5.75 Å². The second-order valence-corrected chi connectivity index (χ2v) is 7.80. The summed E-state index contributed by atoms with van der Waals surface area (Å²) in [6.45, 7) is 4.14. The number of rotatable bonds is 4. The monoisotopic (exact) mass is 390 g/mol. The molecule has 0 spiro atoms. The van der Waals surface area contributed by atoms with Gasteiger partial charge in [-0.2, -0.15) is 0 Å². The number of hydrogen-bond acceptors (Lipinski definition) is 5. The van der Waals surface area contributed by atoms with E-state index >= 15 is 0 Å². The summed E-state index contributed by atoms with van der Waals surface area (Å²) in [7, 11) is 0. The highest BCUT2D eigenvalue weighted by Gasteiger charge is 2.34. The summed E-state index contributed by atoms with van der Waals surface area (Å²) in [5.41, 5.74) is 2.68. The molecule has 1 N–H and O–H groups in total. The Hall–Kier alpha value is -2.86. The smallest absolute Gasteiger partial charge is 0.276 e. The first-order valence-corrected chi connectivity index (χ1v) is 10.4. The molecule has 28 heavy (non-hydrogen) atoms. The number of carbonyl (C=O) groups is 1. The van der Waals surface area contributed by atoms with Gasteiger partial charge in [-0.3, -0.25) is 15.1 Å². The van der Waals surface area contributed by atoms with E-state index in [9.17, 15) is 4.79 Å². The maximum atomic E-state index is 12.9. The second-order valence-electron chi connectivity index (χ2n) is 6.72. The molecule has 0 aliphatic carbocycles. The van der Waals surface area contributed by atoms with Crippen LogP contribution in [0.15, 0.2) is 70.3 Å². The SMILES string of the molecule is CCCSC1=NN2C(=c3ccccc3=N[C@H]2/C(C)=C/c2ccccc2)C(=O)N1. The molecule has 1 amide bonds. The van der Waals surface area contributed by atoms with Crippen molar-refractivity contribution >= 4 is 34.6 Å². The molecule has 0 saturated heterocycles. The summed E-state index contributed by atoms with van der Waals surface area (Å²) in [5.74, 6) is 0.771. The van der Waals surface area contributed by atoms with Crippen LogP contribution in [0.3, 0.4) is 0 Å². The van der Waals surface area contributed by atoms with Crippen LogP contribution in [0.25, 0.3) is 11.8 Å². The zero-order chi connectivity index (χ0) is 19.5. The molecule has 2 aliphatic rings. The summed E-state index contributed by atoms with van der Waals surface area (Å²) < 4.78 is 0. The van der Waals surface area contributed by atoms with Gasteiger partial charge in [0.05, 0.1) is 5.36 Å². The highest BCUT2D eigenvalue weighted by atomic mass is 32.2. The minimum Gasteiger partial charge on any atom is -0.298 e. The Balaban J connectivity index is 1.84. The molecule has 0 unspecified atom stereocenters. The Bertz CT molecular complexity index is 1080. The maximum Gasteiger partial charge on any atom is 0.276 e. The van der Waals surface area contributed by atoms with E-state index in [2.05, 4.69) is 30.4 Å². The zero-order valence-corrected chi connectivity index (χ0v) is 16.7. The van der Waals surface area contributed by atoms with Crippen LogP contribution >= 0.6 is 11.8 Å². The lowest BCUT2D eigenvalue weighted by molar-refractivity contribution is -0.116. The third kappa shape index (κ3) is 3.60. The Labute approximate surface area is 168 Å². The molecule has 2 aromatic carbocycles. The molecule has 2 aromatic rings. The van der Waals surface area contributed by atoms with E-state index < -0.39 is 0 Å². The molecule has 2 heterocycles. The Morgan fingerprint density at radius 3 is 2.71 bits per heavy atom. The molecule has 0 bridgehead atoms. The third-order valence-corrected chi connectivity index (χ3v) is 5.63. The van der Waals surface area contributed by atoms with Gasteiger partial charge in [0.1, 0.15) is 5.70 Å². The van der Waals surface area contributed by atoms with Crippen LogP contribution in [0.5, 0.6) is 0 Å². The van der Waals surface area contributed by atoms with Gasteiger partial charge in [0.15, 0.2) is 11.3 Å². The molecule has 4 rings (SSSR count). The fourth-order valence-electron chi connectivity index (χ4n) is 3.27. The first-order chi connectivity index (χ1) is 13.7. The number of benzene rings is 2. The van der Waals surface area contributed by atoms with E-state index in [4.69, 9.17) is 10.1 Å². The molecular weight excluding hydrogens is 368 g/mol. The average molecular weight is 391 g/mol. The fraction of sp³-hybridized carbons (Fsp3) is 0.227. The quantitative estimate of drug-likeness (QED) is 0.873. The number of nitrogens with zero attached hydrogens (tertiary/aromatic N) is 3. The predicted octanol–water partition coefficient (Wildman–Crippen LogP) is 2.70. The molecule has 5 nitrogen and oxygen atoms in total. The lowest BCUT2D eigenvalue weighted by Crippen LogP contribution is -2.52. The summed E-state index contributed by atoms with van der Waals surface area (Å²) >= 11 is 1.56. The van der Waals surface area contributed by atoms with Crippen molar-refractivity contribution in [1.29, 1.82) is 0 Å². The number of hydrogen-bond donors (Lipinski definition) is 1. The third-order valence-electron chi connectivity index (χ3n) is 4.56. The lowest BCUT2D eigenvalue weighted by Gasteiger charge is -2.34. The molecule has 6 heteroatoms. The molecule has 2 aliphatic heterocycles. The number of nitrogens with one attached hydrogen (secondary N) is 1. The topological polar surface area (TPSA) is 57.1 Å². The van der Waals surface area contributed by atoms with E-state index in [1.165, 1.54) is 0 Å². The molecule has 0 fully saturated rings. The van der Waals surface area contributed by atoms with E-state index in [1.54, 1.807) is 16.8 Å². The first kappa shape index (κ1) is 18.5. The summed E-state index contributed by atoms with van der Waals surface area (Å²) in [5, 5.41) is 11.7.